The molecule has 0 heterocycles. The fraction of sp³-hybridized carbons (Fsp3) is 0.761. The Morgan fingerprint density at radius 2 is 0.714 bits per heavy atom. The van der Waals surface area contributed by atoms with Gasteiger partial charge in [-0.3, -0.25) is 18.6 Å². The van der Waals surface area contributed by atoms with Crippen molar-refractivity contribution in [2.45, 2.75) is 302 Å². The number of nitrogens with two attached hydrogens (primary N) is 1. The van der Waals surface area contributed by atoms with Crippen molar-refractivity contribution in [1.82, 2.24) is 0 Å². The lowest BCUT2D eigenvalue weighted by atomic mass is 10.0. The highest BCUT2D eigenvalue weighted by atomic mass is 31.2. The van der Waals surface area contributed by atoms with Gasteiger partial charge in [-0.15, -0.1) is 0 Å². The molecule has 0 spiro atoms. The van der Waals surface area contributed by atoms with Crippen LogP contribution in [0.3, 0.4) is 0 Å². The number of allylic oxidation sites excluding steroid dienone is 14. The lowest BCUT2D eigenvalue weighted by molar-refractivity contribution is -0.161. The zero-order chi connectivity index (χ0) is 55.9. The van der Waals surface area contributed by atoms with Crippen molar-refractivity contribution in [2.75, 3.05) is 26.4 Å². The van der Waals surface area contributed by atoms with Gasteiger partial charge in [0, 0.05) is 19.4 Å². The SMILES string of the molecule is CC/C=C\C/C=C\C/C=C\C/C=C\C/C=C\CCCCCCCCCC(=O)OC(COC(=O)CCCCCCCCCCCCCCCCCCCCCCC/C=C\C/C=C\CCCCCCC)COP(=O)(O)OCCN. The molecule has 0 bridgehead atoms. The highest BCUT2D eigenvalue weighted by Crippen LogP contribution is 2.43. The predicted molar refractivity (Wildman–Crippen MR) is 330 cm³/mol. The average Bonchev–Trinajstić information content (AvgIpc) is 3.42. The first kappa shape index (κ1) is 74.2. The summed E-state index contributed by atoms with van der Waals surface area (Å²) in [6, 6.07) is 0. The lowest BCUT2D eigenvalue weighted by Gasteiger charge is -2.19. The summed E-state index contributed by atoms with van der Waals surface area (Å²) in [4.78, 5) is 35.3. The smallest absolute Gasteiger partial charge is 0.462 e. The van der Waals surface area contributed by atoms with E-state index < -0.39 is 26.5 Å². The summed E-state index contributed by atoms with van der Waals surface area (Å²) in [5.41, 5.74) is 5.39. The zero-order valence-corrected chi connectivity index (χ0v) is 50.8. The highest BCUT2D eigenvalue weighted by molar-refractivity contribution is 7.47. The molecule has 10 heteroatoms. The molecule has 0 saturated heterocycles. The van der Waals surface area contributed by atoms with Gasteiger partial charge in [0.2, 0.25) is 0 Å². The first-order chi connectivity index (χ1) is 37.8. The van der Waals surface area contributed by atoms with Crippen LogP contribution in [-0.2, 0) is 32.7 Å². The van der Waals surface area contributed by atoms with Crippen molar-refractivity contribution in [1.29, 1.82) is 0 Å². The number of hydrogen-bond donors (Lipinski definition) is 2. The molecule has 0 aromatic rings. The topological polar surface area (TPSA) is 134 Å². The number of rotatable bonds is 60. The Balaban J connectivity index is 3.89. The molecule has 0 fully saturated rings. The van der Waals surface area contributed by atoms with Gasteiger partial charge in [0.05, 0.1) is 13.2 Å². The van der Waals surface area contributed by atoms with Gasteiger partial charge < -0.3 is 20.1 Å². The minimum Gasteiger partial charge on any atom is -0.462 e. The molecular formula is C67H120NO8P. The molecule has 3 N–H and O–H groups in total. The van der Waals surface area contributed by atoms with E-state index in [0.29, 0.717) is 6.42 Å². The first-order valence-electron chi connectivity index (χ1n) is 32.1. The lowest BCUT2D eigenvalue weighted by Crippen LogP contribution is -2.29. The second-order valence-corrected chi connectivity index (χ2v) is 22.7. The Hall–Kier alpha value is -2.81. The summed E-state index contributed by atoms with van der Waals surface area (Å²) >= 11 is 0. The van der Waals surface area contributed by atoms with E-state index in [2.05, 4.69) is 98.9 Å². The normalized spacial score (nSPS) is 13.6. The van der Waals surface area contributed by atoms with E-state index in [4.69, 9.17) is 24.3 Å². The van der Waals surface area contributed by atoms with Crippen LogP contribution in [-0.4, -0.2) is 49.3 Å². The summed E-state index contributed by atoms with van der Waals surface area (Å²) in [5, 5.41) is 0. The number of phosphoric acid groups is 1. The minimum atomic E-state index is -4.40. The molecule has 0 aliphatic rings. The molecule has 0 saturated carbocycles. The third kappa shape index (κ3) is 62.3. The van der Waals surface area contributed by atoms with Crippen molar-refractivity contribution in [2.24, 2.45) is 5.73 Å². The van der Waals surface area contributed by atoms with Gasteiger partial charge in [-0.2, -0.15) is 0 Å². The quantitative estimate of drug-likeness (QED) is 0.0264. The maximum absolute atomic E-state index is 12.7. The zero-order valence-electron chi connectivity index (χ0n) is 49.9. The summed E-state index contributed by atoms with van der Waals surface area (Å²) in [6.45, 7) is 3.63. The van der Waals surface area contributed by atoms with Crippen molar-refractivity contribution in [3.8, 4) is 0 Å². The van der Waals surface area contributed by atoms with Gasteiger partial charge in [0.15, 0.2) is 6.10 Å². The van der Waals surface area contributed by atoms with Gasteiger partial charge in [-0.25, -0.2) is 4.57 Å². The van der Waals surface area contributed by atoms with Crippen LogP contribution in [0.2, 0.25) is 0 Å². The van der Waals surface area contributed by atoms with Crippen molar-refractivity contribution in [3.05, 3.63) is 85.1 Å². The molecule has 0 aromatic carbocycles. The molecule has 0 amide bonds. The summed E-state index contributed by atoms with van der Waals surface area (Å²) in [6.07, 6.45) is 82.3. The van der Waals surface area contributed by atoms with E-state index in [1.807, 2.05) is 0 Å². The maximum atomic E-state index is 12.7. The van der Waals surface area contributed by atoms with E-state index in [-0.39, 0.29) is 38.6 Å². The third-order valence-electron chi connectivity index (χ3n) is 13.8. The van der Waals surface area contributed by atoms with Crippen LogP contribution in [0.5, 0.6) is 0 Å². The molecule has 0 radical (unpaired) electrons. The fourth-order valence-corrected chi connectivity index (χ4v) is 9.81. The first-order valence-corrected chi connectivity index (χ1v) is 33.6. The van der Waals surface area contributed by atoms with Gasteiger partial charge in [-0.05, 0) is 89.9 Å². The molecule has 77 heavy (non-hydrogen) atoms. The summed E-state index contributed by atoms with van der Waals surface area (Å²) < 4.78 is 33.1. The second kappa shape index (κ2) is 62.4. The molecular weight excluding hydrogens is 978 g/mol. The van der Waals surface area contributed by atoms with Crippen LogP contribution in [0.1, 0.15) is 296 Å². The molecule has 446 valence electrons. The number of hydrogen-bond acceptors (Lipinski definition) is 8. The number of esters is 2. The average molecular weight is 1100 g/mol. The van der Waals surface area contributed by atoms with Crippen molar-refractivity contribution in [3.63, 3.8) is 0 Å². The third-order valence-corrected chi connectivity index (χ3v) is 14.7. The molecule has 0 aliphatic carbocycles. The Kier molecular flexibility index (Phi) is 60.1. The van der Waals surface area contributed by atoms with Gasteiger partial charge in [0.1, 0.15) is 6.61 Å². The Bertz CT molecular complexity index is 1530. The summed E-state index contributed by atoms with van der Waals surface area (Å²) in [7, 11) is -4.40. The number of ether oxygens (including phenoxy) is 2. The Morgan fingerprint density at radius 1 is 0.403 bits per heavy atom. The van der Waals surface area contributed by atoms with Crippen LogP contribution in [0.15, 0.2) is 85.1 Å². The van der Waals surface area contributed by atoms with E-state index >= 15 is 0 Å². The highest BCUT2D eigenvalue weighted by Gasteiger charge is 2.26. The van der Waals surface area contributed by atoms with Crippen molar-refractivity contribution >= 4 is 19.8 Å². The van der Waals surface area contributed by atoms with Gasteiger partial charge >= 0.3 is 19.8 Å². The number of phosphoric ester groups is 1. The van der Waals surface area contributed by atoms with E-state index in [0.717, 1.165) is 83.5 Å². The second-order valence-electron chi connectivity index (χ2n) is 21.2. The van der Waals surface area contributed by atoms with Gasteiger partial charge in [-0.1, -0.05) is 279 Å². The number of unbranched alkanes of at least 4 members (excludes halogenated alkanes) is 33. The van der Waals surface area contributed by atoms with E-state index in [9.17, 15) is 19.0 Å². The predicted octanol–water partition coefficient (Wildman–Crippen LogP) is 20.6. The van der Waals surface area contributed by atoms with Crippen LogP contribution < -0.4 is 5.73 Å². The van der Waals surface area contributed by atoms with Crippen molar-refractivity contribution < 1.29 is 37.6 Å². The Labute approximate surface area is 474 Å². The summed E-state index contributed by atoms with van der Waals surface area (Å²) in [5.74, 6) is -0.833. The molecule has 2 unspecified atom stereocenters. The van der Waals surface area contributed by atoms with Crippen LogP contribution >= 0.6 is 7.82 Å². The standard InChI is InChI=1S/C67H120NO8P/c1-3-5-7-9-11-13-15-17-19-21-23-25-27-28-29-30-31-32-33-34-35-36-38-39-41-43-45-47-49-51-53-55-57-59-66(69)73-63-65(64-75-77(71,72)74-62-61-68)76-67(70)60-58-56-54-52-50-48-46-44-42-40-37-26-24-22-20-18-16-14-12-10-8-6-4-2/h6,8,12,14-15,17-18,20-21,23-24,26,40,42,65H,3-5,7,9-11,13,16,19,22,25,27-39,41,43-64,68H2,1-2H3,(H,71,72)/b8-6-,14-12-,17-15-,20-18-,23-21-,26-24-,42-40-. The van der Waals surface area contributed by atoms with E-state index in [1.54, 1.807) is 0 Å². The largest absolute Gasteiger partial charge is 0.472 e. The van der Waals surface area contributed by atoms with Gasteiger partial charge in [0.25, 0.3) is 0 Å². The number of carbonyl (C=O) groups is 2. The van der Waals surface area contributed by atoms with Crippen LogP contribution in [0, 0.1) is 0 Å². The molecule has 0 aliphatic heterocycles. The monoisotopic (exact) mass is 1100 g/mol. The molecule has 9 nitrogen and oxygen atoms in total. The van der Waals surface area contributed by atoms with Crippen LogP contribution in [0.25, 0.3) is 0 Å². The minimum absolute atomic E-state index is 0.0488. The van der Waals surface area contributed by atoms with E-state index in [1.165, 1.54) is 180 Å². The van der Waals surface area contributed by atoms with Crippen LogP contribution in [0.4, 0.5) is 0 Å². The Morgan fingerprint density at radius 3 is 1.06 bits per heavy atom. The molecule has 0 rings (SSSR count). The number of carbonyl (C=O) groups excluding carboxylic acids is 2. The fourth-order valence-electron chi connectivity index (χ4n) is 9.05. The molecule has 0 aromatic heterocycles. The maximum Gasteiger partial charge on any atom is 0.472 e. The molecule has 2 atom stereocenters.